The van der Waals surface area contributed by atoms with Crippen LogP contribution in [0.2, 0.25) is 0 Å². The molecule has 0 saturated carbocycles. The molecule has 0 amide bonds. The smallest absolute Gasteiger partial charge is 0.194 e. The molecule has 0 fully saturated rings. The van der Waals surface area contributed by atoms with Crippen LogP contribution in [-0.4, -0.2) is 44.3 Å². The van der Waals surface area contributed by atoms with Crippen molar-refractivity contribution in [2.75, 3.05) is 14.1 Å². The first kappa shape index (κ1) is 17.1. The average molecular weight is 317 g/mol. The van der Waals surface area contributed by atoms with Gasteiger partial charge in [0.05, 0.1) is 12.7 Å². The molecule has 126 valence electrons. The molecule has 0 atom stereocenters. The minimum absolute atomic E-state index is 0.593. The van der Waals surface area contributed by atoms with Crippen LogP contribution in [-0.2, 0) is 26.7 Å². The van der Waals surface area contributed by atoms with E-state index in [1.54, 1.807) is 7.05 Å². The zero-order valence-electron chi connectivity index (χ0n) is 14.7. The normalized spacial score (nSPS) is 12.0. The average Bonchev–Trinajstić information content (AvgIpc) is 3.08. The molecule has 0 aliphatic heterocycles. The third-order valence-electron chi connectivity index (χ3n) is 3.52. The highest BCUT2D eigenvalue weighted by molar-refractivity contribution is 5.79. The molecule has 2 aromatic heterocycles. The lowest BCUT2D eigenvalue weighted by Gasteiger charge is -2.21. The molecule has 2 aromatic rings. The van der Waals surface area contributed by atoms with Gasteiger partial charge >= 0.3 is 0 Å². The fourth-order valence-electron chi connectivity index (χ4n) is 2.51. The van der Waals surface area contributed by atoms with Crippen molar-refractivity contribution in [3.63, 3.8) is 0 Å². The molecule has 0 spiro atoms. The predicted molar refractivity (Wildman–Crippen MR) is 91.9 cm³/mol. The van der Waals surface area contributed by atoms with E-state index in [0.717, 1.165) is 30.4 Å². The summed E-state index contributed by atoms with van der Waals surface area (Å²) in [5, 5.41) is 7.57. The van der Waals surface area contributed by atoms with Gasteiger partial charge in [-0.25, -0.2) is 4.98 Å². The maximum atomic E-state index is 4.44. The van der Waals surface area contributed by atoms with Crippen molar-refractivity contribution in [1.29, 1.82) is 0 Å². The van der Waals surface area contributed by atoms with E-state index >= 15 is 0 Å². The van der Waals surface area contributed by atoms with Crippen molar-refractivity contribution in [2.24, 2.45) is 18.0 Å². The first-order valence-corrected chi connectivity index (χ1v) is 7.89. The number of rotatable bonds is 6. The number of aliphatic imine (C=N–C) groups is 1. The molecule has 7 heteroatoms. The molecule has 2 heterocycles. The molecule has 0 aromatic carbocycles. The lowest BCUT2D eigenvalue weighted by molar-refractivity contribution is 0.468. The summed E-state index contributed by atoms with van der Waals surface area (Å²) in [7, 11) is 5.73. The Morgan fingerprint density at radius 3 is 2.83 bits per heavy atom. The molecular weight excluding hydrogens is 290 g/mol. The third-order valence-corrected chi connectivity index (χ3v) is 3.52. The molecule has 0 saturated heterocycles. The van der Waals surface area contributed by atoms with Crippen molar-refractivity contribution in [3.05, 3.63) is 36.2 Å². The van der Waals surface area contributed by atoms with E-state index < -0.39 is 0 Å². The molecule has 2 rings (SSSR count). The molecule has 1 N–H and O–H groups in total. The van der Waals surface area contributed by atoms with Crippen molar-refractivity contribution in [3.8, 4) is 0 Å². The van der Waals surface area contributed by atoms with E-state index in [9.17, 15) is 0 Å². The van der Waals surface area contributed by atoms with Crippen molar-refractivity contribution >= 4 is 5.96 Å². The SMILES string of the molecule is CN=C(NCc1nccn1CC(C)C)N(C)Cc1cnn(C)c1. The third kappa shape index (κ3) is 4.84. The molecule has 0 unspecified atom stereocenters. The zero-order chi connectivity index (χ0) is 16.8. The molecule has 23 heavy (non-hydrogen) atoms. The Labute approximate surface area is 138 Å². The molecule has 7 nitrogen and oxygen atoms in total. The van der Waals surface area contributed by atoms with Crippen LogP contribution in [0.1, 0.15) is 25.2 Å². The number of imidazole rings is 1. The fourth-order valence-corrected chi connectivity index (χ4v) is 2.51. The molecule has 0 radical (unpaired) electrons. The Morgan fingerprint density at radius 1 is 1.43 bits per heavy atom. The summed E-state index contributed by atoms with van der Waals surface area (Å²) in [6.07, 6.45) is 7.76. The number of nitrogens with one attached hydrogen (secondary N) is 1. The Hall–Kier alpha value is -2.31. The molecule has 0 bridgehead atoms. The van der Waals surface area contributed by atoms with Crippen molar-refractivity contribution in [2.45, 2.75) is 33.5 Å². The van der Waals surface area contributed by atoms with Gasteiger partial charge in [-0.3, -0.25) is 9.67 Å². The Bertz CT molecular complexity index is 638. The van der Waals surface area contributed by atoms with Crippen LogP contribution in [0, 0.1) is 5.92 Å². The van der Waals surface area contributed by atoms with Gasteiger partial charge in [0.1, 0.15) is 5.82 Å². The van der Waals surface area contributed by atoms with Gasteiger partial charge in [0.15, 0.2) is 5.96 Å². The highest BCUT2D eigenvalue weighted by Gasteiger charge is 2.10. The van der Waals surface area contributed by atoms with E-state index in [0.29, 0.717) is 12.5 Å². The van der Waals surface area contributed by atoms with Crippen LogP contribution in [0.25, 0.3) is 0 Å². The minimum atomic E-state index is 0.593. The van der Waals surface area contributed by atoms with Crippen LogP contribution in [0.4, 0.5) is 0 Å². The first-order valence-electron chi connectivity index (χ1n) is 7.89. The standard InChI is InChI=1S/C16H27N7/c1-13(2)10-23-7-6-18-15(23)9-19-16(17-3)21(4)11-14-8-20-22(5)12-14/h6-8,12-13H,9-11H2,1-5H3,(H,17,19). The maximum Gasteiger partial charge on any atom is 0.194 e. The van der Waals surface area contributed by atoms with Crippen LogP contribution in [0.3, 0.4) is 0 Å². The highest BCUT2D eigenvalue weighted by Crippen LogP contribution is 2.05. The van der Waals surface area contributed by atoms with Gasteiger partial charge < -0.3 is 14.8 Å². The summed E-state index contributed by atoms with van der Waals surface area (Å²) in [5.74, 6) is 2.46. The van der Waals surface area contributed by atoms with Crippen molar-refractivity contribution in [1.82, 2.24) is 29.5 Å². The van der Waals surface area contributed by atoms with Gasteiger partial charge in [-0.1, -0.05) is 13.8 Å². The molecule has 0 aliphatic carbocycles. The summed E-state index contributed by atoms with van der Waals surface area (Å²) in [6, 6.07) is 0. The maximum absolute atomic E-state index is 4.44. The van der Waals surface area contributed by atoms with E-state index in [4.69, 9.17) is 0 Å². The van der Waals surface area contributed by atoms with Gasteiger partial charge in [-0.15, -0.1) is 0 Å². The quantitative estimate of drug-likeness (QED) is 0.647. The fraction of sp³-hybridized carbons (Fsp3) is 0.562. The Morgan fingerprint density at radius 2 is 2.22 bits per heavy atom. The van der Waals surface area contributed by atoms with E-state index in [2.05, 4.69) is 43.7 Å². The molecule has 0 aliphatic rings. The number of aryl methyl sites for hydroxylation is 1. The topological polar surface area (TPSA) is 63.3 Å². The van der Waals surface area contributed by atoms with Gasteiger partial charge in [0.25, 0.3) is 0 Å². The largest absolute Gasteiger partial charge is 0.349 e. The van der Waals surface area contributed by atoms with E-state index in [1.165, 1.54) is 0 Å². The number of aromatic nitrogens is 4. The minimum Gasteiger partial charge on any atom is -0.349 e. The predicted octanol–water partition coefficient (Wildman–Crippen LogP) is 1.48. The second kappa shape index (κ2) is 7.80. The van der Waals surface area contributed by atoms with Gasteiger partial charge in [-0.05, 0) is 5.92 Å². The number of guanidine groups is 1. The van der Waals surface area contributed by atoms with Crippen LogP contribution in [0.5, 0.6) is 0 Å². The number of nitrogens with zero attached hydrogens (tertiary/aromatic N) is 6. The number of hydrogen-bond acceptors (Lipinski definition) is 3. The summed E-state index contributed by atoms with van der Waals surface area (Å²) in [4.78, 5) is 10.9. The van der Waals surface area contributed by atoms with Crippen LogP contribution >= 0.6 is 0 Å². The zero-order valence-corrected chi connectivity index (χ0v) is 14.7. The number of hydrogen-bond donors (Lipinski definition) is 1. The van der Waals surface area contributed by atoms with Crippen LogP contribution in [0.15, 0.2) is 29.8 Å². The second-order valence-electron chi connectivity index (χ2n) is 6.17. The van der Waals surface area contributed by atoms with Gasteiger partial charge in [0, 0.05) is 58.4 Å². The lowest BCUT2D eigenvalue weighted by atomic mass is 10.2. The second-order valence-corrected chi connectivity index (χ2v) is 6.17. The van der Waals surface area contributed by atoms with E-state index in [1.807, 2.05) is 43.6 Å². The lowest BCUT2D eigenvalue weighted by Crippen LogP contribution is -2.38. The summed E-state index contributed by atoms with van der Waals surface area (Å²) >= 11 is 0. The highest BCUT2D eigenvalue weighted by atomic mass is 15.3. The molecular formula is C16H27N7. The van der Waals surface area contributed by atoms with E-state index in [-0.39, 0.29) is 0 Å². The van der Waals surface area contributed by atoms with Gasteiger partial charge in [0.2, 0.25) is 0 Å². The van der Waals surface area contributed by atoms with Crippen LogP contribution < -0.4 is 5.32 Å². The Balaban J connectivity index is 1.93. The first-order chi connectivity index (χ1) is 11.0. The summed E-state index contributed by atoms with van der Waals surface area (Å²) < 4.78 is 3.99. The summed E-state index contributed by atoms with van der Waals surface area (Å²) in [5.41, 5.74) is 1.15. The monoisotopic (exact) mass is 317 g/mol. The van der Waals surface area contributed by atoms with Gasteiger partial charge in [-0.2, -0.15) is 5.10 Å². The van der Waals surface area contributed by atoms with Crippen molar-refractivity contribution < 1.29 is 0 Å². The summed E-state index contributed by atoms with van der Waals surface area (Å²) in [6.45, 7) is 6.80. The Kier molecular flexibility index (Phi) is 5.78.